The van der Waals surface area contributed by atoms with Gasteiger partial charge in [0, 0.05) is 35.3 Å². The Hall–Kier alpha value is -4.31. The van der Waals surface area contributed by atoms with Gasteiger partial charge in [-0.3, -0.25) is 19.9 Å². The molecule has 0 radical (unpaired) electrons. The highest BCUT2D eigenvalue weighted by atomic mass is 32.2. The number of hydrogen-bond acceptors (Lipinski definition) is 7. The number of anilines is 1. The maximum Gasteiger partial charge on any atom is 0.293 e. The van der Waals surface area contributed by atoms with Crippen LogP contribution < -0.4 is 10.0 Å². The number of sulfonamides is 1. The number of aromatic nitrogens is 1. The van der Waals surface area contributed by atoms with Crippen LogP contribution in [0.5, 0.6) is 0 Å². The summed E-state index contributed by atoms with van der Waals surface area (Å²) in [6, 6.07) is 20.0. The van der Waals surface area contributed by atoms with E-state index in [1.54, 1.807) is 30.5 Å². The van der Waals surface area contributed by atoms with Gasteiger partial charge in [-0.2, -0.15) is 0 Å². The van der Waals surface area contributed by atoms with Crippen LogP contribution in [0.25, 0.3) is 22.0 Å². The van der Waals surface area contributed by atoms with Gasteiger partial charge < -0.3 is 5.32 Å². The molecule has 3 aromatic carbocycles. The lowest BCUT2D eigenvalue weighted by Gasteiger charge is -2.54. The molecule has 10 heteroatoms. The second kappa shape index (κ2) is 10.8. The number of nitrogens with zero attached hydrogens (tertiary/aromatic N) is 2. The van der Waals surface area contributed by atoms with Crippen molar-refractivity contribution in [3.8, 4) is 11.1 Å². The third kappa shape index (κ3) is 5.24. The maximum atomic E-state index is 13.1. The molecule has 4 aromatic rings. The lowest BCUT2D eigenvalue weighted by molar-refractivity contribution is -0.384. The van der Waals surface area contributed by atoms with E-state index in [4.69, 9.17) is 0 Å². The molecule has 8 rings (SSSR count). The summed E-state index contributed by atoms with van der Waals surface area (Å²) in [6.07, 6.45) is 8.08. The maximum absolute atomic E-state index is 13.1. The Labute approximate surface area is 249 Å². The molecule has 43 heavy (non-hydrogen) atoms. The number of carbonyl (C=O) groups is 1. The molecule has 0 spiro atoms. The Bertz CT molecular complexity index is 1810. The van der Waals surface area contributed by atoms with Crippen molar-refractivity contribution in [3.05, 3.63) is 94.7 Å². The molecule has 0 saturated heterocycles. The van der Waals surface area contributed by atoms with Crippen molar-refractivity contribution in [1.82, 2.24) is 9.71 Å². The smallest absolute Gasteiger partial charge is 0.293 e. The summed E-state index contributed by atoms with van der Waals surface area (Å²) >= 11 is 0. The van der Waals surface area contributed by atoms with E-state index in [-0.39, 0.29) is 16.1 Å². The van der Waals surface area contributed by atoms with Crippen LogP contribution in [0.4, 0.5) is 11.4 Å². The molecule has 9 nitrogen and oxygen atoms in total. The highest BCUT2D eigenvalue weighted by Gasteiger charge is 2.47. The SMILES string of the molecule is O=C(NS(=O)(=O)c1ccc(NCC2C3CC4CC(C3)CC2C4)c([N+](=O)[O-])c1)c1ccc(-c2cccc3cccnc23)cc1. The molecule has 1 heterocycles. The van der Waals surface area contributed by atoms with Crippen LogP contribution in [0, 0.1) is 39.7 Å². The monoisotopic (exact) mass is 596 g/mol. The van der Waals surface area contributed by atoms with E-state index in [0.29, 0.717) is 30.0 Å². The first kappa shape index (κ1) is 27.5. The number of rotatable bonds is 8. The average Bonchev–Trinajstić information content (AvgIpc) is 3.00. The van der Waals surface area contributed by atoms with Gasteiger partial charge in [-0.05, 0) is 97.6 Å². The Kier molecular flexibility index (Phi) is 6.88. The predicted molar refractivity (Wildman–Crippen MR) is 164 cm³/mol. The van der Waals surface area contributed by atoms with Gasteiger partial charge >= 0.3 is 0 Å². The topological polar surface area (TPSA) is 131 Å². The van der Waals surface area contributed by atoms with Crippen LogP contribution in [0.1, 0.15) is 42.5 Å². The lowest BCUT2D eigenvalue weighted by atomic mass is 9.52. The summed E-state index contributed by atoms with van der Waals surface area (Å²) in [4.78, 5) is 28.4. The van der Waals surface area contributed by atoms with E-state index < -0.39 is 20.9 Å². The first-order chi connectivity index (χ1) is 20.7. The minimum absolute atomic E-state index is 0.143. The fourth-order valence-corrected chi connectivity index (χ4v) is 8.95. The number of hydrogen-bond donors (Lipinski definition) is 2. The first-order valence-electron chi connectivity index (χ1n) is 14.8. The number of para-hydroxylation sites is 1. The van der Waals surface area contributed by atoms with Crippen LogP contribution in [-0.2, 0) is 10.0 Å². The molecular weight excluding hydrogens is 564 g/mol. The zero-order chi connectivity index (χ0) is 29.7. The average molecular weight is 597 g/mol. The zero-order valence-corrected chi connectivity index (χ0v) is 24.3. The van der Waals surface area contributed by atoms with Crippen molar-refractivity contribution < 1.29 is 18.1 Å². The van der Waals surface area contributed by atoms with E-state index in [1.165, 1.54) is 44.2 Å². The molecule has 4 fully saturated rings. The fourth-order valence-electron chi connectivity index (χ4n) is 7.96. The van der Waals surface area contributed by atoms with Crippen molar-refractivity contribution in [1.29, 1.82) is 0 Å². The molecule has 220 valence electrons. The van der Waals surface area contributed by atoms with Crippen molar-refractivity contribution in [2.45, 2.75) is 37.0 Å². The third-order valence-corrected chi connectivity index (χ3v) is 11.1. The molecule has 0 aliphatic heterocycles. The first-order valence-corrected chi connectivity index (χ1v) is 16.3. The van der Waals surface area contributed by atoms with E-state index in [2.05, 4.69) is 15.0 Å². The number of nitro benzene ring substituents is 1. The largest absolute Gasteiger partial charge is 0.379 e. The lowest BCUT2D eigenvalue weighted by Crippen LogP contribution is -2.47. The standard InChI is InChI=1S/C33H32N4O5S/c38-33(24-8-6-22(7-9-24)28-5-1-3-23-4-2-12-34-32(23)28)36-43(41,42)27-10-11-30(31(18-27)37(39)40)35-19-29-25-14-20-13-21(16-25)17-26(29)15-20/h1-12,18,20-21,25-26,29,35H,13-17,19H2,(H,36,38). The van der Waals surface area contributed by atoms with E-state index in [1.807, 2.05) is 30.3 Å². The summed E-state index contributed by atoms with van der Waals surface area (Å²) in [6.45, 7) is 0.642. The van der Waals surface area contributed by atoms with Gasteiger partial charge in [0.15, 0.2) is 0 Å². The molecule has 0 unspecified atom stereocenters. The van der Waals surface area contributed by atoms with Crippen molar-refractivity contribution in [2.24, 2.45) is 29.6 Å². The molecule has 4 bridgehead atoms. The Balaban J connectivity index is 1.06. The van der Waals surface area contributed by atoms with E-state index in [9.17, 15) is 23.3 Å². The minimum Gasteiger partial charge on any atom is -0.379 e. The summed E-state index contributed by atoms with van der Waals surface area (Å²) in [5, 5.41) is 16.2. The molecule has 0 atom stereocenters. The number of fused-ring (bicyclic) bond motifs is 1. The normalized spacial score (nSPS) is 24.1. The molecule has 2 N–H and O–H groups in total. The zero-order valence-electron chi connectivity index (χ0n) is 23.5. The number of carbonyl (C=O) groups excluding carboxylic acids is 1. The molecular formula is C33H32N4O5S. The van der Waals surface area contributed by atoms with E-state index in [0.717, 1.165) is 39.9 Å². The number of benzene rings is 3. The second-order valence-corrected chi connectivity index (χ2v) is 14.0. The third-order valence-electron chi connectivity index (χ3n) is 9.74. The van der Waals surface area contributed by atoms with Crippen LogP contribution in [0.2, 0.25) is 0 Å². The van der Waals surface area contributed by atoms with Gasteiger partial charge in [-0.25, -0.2) is 13.1 Å². The Morgan fingerprint density at radius 3 is 2.30 bits per heavy atom. The van der Waals surface area contributed by atoms with Crippen LogP contribution >= 0.6 is 0 Å². The van der Waals surface area contributed by atoms with Crippen molar-refractivity contribution in [2.75, 3.05) is 11.9 Å². The number of nitrogens with one attached hydrogen (secondary N) is 2. The van der Waals surface area contributed by atoms with Gasteiger partial charge in [0.1, 0.15) is 5.69 Å². The highest BCUT2D eigenvalue weighted by Crippen LogP contribution is 2.56. The molecule has 1 amide bonds. The van der Waals surface area contributed by atoms with Gasteiger partial charge in [0.05, 0.1) is 15.3 Å². The minimum atomic E-state index is -4.36. The number of pyridine rings is 1. The van der Waals surface area contributed by atoms with Gasteiger partial charge in [0.25, 0.3) is 21.6 Å². The van der Waals surface area contributed by atoms with E-state index >= 15 is 0 Å². The Morgan fingerprint density at radius 1 is 0.907 bits per heavy atom. The molecule has 1 aromatic heterocycles. The summed E-state index contributed by atoms with van der Waals surface area (Å²) < 4.78 is 28.3. The van der Waals surface area contributed by atoms with Crippen LogP contribution in [0.15, 0.2) is 83.9 Å². The number of amides is 1. The van der Waals surface area contributed by atoms with Gasteiger partial charge in [-0.1, -0.05) is 36.4 Å². The molecule has 4 aliphatic rings. The number of nitro groups is 1. The van der Waals surface area contributed by atoms with Crippen molar-refractivity contribution in [3.63, 3.8) is 0 Å². The second-order valence-electron chi connectivity index (χ2n) is 12.3. The van der Waals surface area contributed by atoms with Crippen LogP contribution in [0.3, 0.4) is 0 Å². The highest BCUT2D eigenvalue weighted by molar-refractivity contribution is 7.90. The summed E-state index contributed by atoms with van der Waals surface area (Å²) in [5.74, 6) is 2.66. The predicted octanol–water partition coefficient (Wildman–Crippen LogP) is 6.41. The quantitative estimate of drug-likeness (QED) is 0.177. The Morgan fingerprint density at radius 2 is 1.60 bits per heavy atom. The fraction of sp³-hybridized carbons (Fsp3) is 0.333. The summed E-state index contributed by atoms with van der Waals surface area (Å²) in [7, 11) is -4.36. The molecule has 4 saturated carbocycles. The van der Waals surface area contributed by atoms with Crippen LogP contribution in [-0.4, -0.2) is 30.8 Å². The van der Waals surface area contributed by atoms with Gasteiger partial charge in [-0.15, -0.1) is 0 Å². The van der Waals surface area contributed by atoms with Crippen molar-refractivity contribution >= 4 is 38.2 Å². The summed E-state index contributed by atoms with van der Waals surface area (Å²) in [5.41, 5.74) is 2.65. The van der Waals surface area contributed by atoms with Gasteiger partial charge in [0.2, 0.25) is 0 Å². The molecule has 4 aliphatic carbocycles.